The summed E-state index contributed by atoms with van der Waals surface area (Å²) in [5.41, 5.74) is 1.84. The van der Waals surface area contributed by atoms with Gasteiger partial charge in [0.25, 0.3) is 0 Å². The highest BCUT2D eigenvalue weighted by Crippen LogP contribution is 2.75. The summed E-state index contributed by atoms with van der Waals surface area (Å²) in [7, 11) is 0. The van der Waals surface area contributed by atoms with E-state index in [-0.39, 0.29) is 51.2 Å². The molecule has 7 atom stereocenters. The molecule has 1 saturated heterocycles. The van der Waals surface area contributed by atoms with Crippen LogP contribution in [0.25, 0.3) is 0 Å². The molecule has 1 amide bonds. The first-order chi connectivity index (χ1) is 20.4. The molecule has 0 aromatic rings. The van der Waals surface area contributed by atoms with Gasteiger partial charge in [0.15, 0.2) is 0 Å². The Hall–Kier alpha value is -1.74. The van der Waals surface area contributed by atoms with Gasteiger partial charge in [-0.1, -0.05) is 89.3 Å². The molecule has 5 aliphatic carbocycles. The third-order valence-electron chi connectivity index (χ3n) is 14.2. The van der Waals surface area contributed by atoms with Crippen molar-refractivity contribution in [3.05, 3.63) is 11.6 Å². The number of thioether (sulfide) groups is 1. The zero-order valence-electron chi connectivity index (χ0n) is 27.6. The van der Waals surface area contributed by atoms with Gasteiger partial charge in [-0.2, -0.15) is 0 Å². The van der Waals surface area contributed by atoms with Gasteiger partial charge in [0.1, 0.15) is 10.9 Å². The average Bonchev–Trinajstić information content (AvgIpc) is 3.24. The third-order valence-corrected chi connectivity index (χ3v) is 15.7. The fourth-order valence-electron chi connectivity index (χ4n) is 11.4. The highest BCUT2D eigenvalue weighted by atomic mass is 32.2. The molecule has 1 N–H and O–H groups in total. The van der Waals surface area contributed by atoms with Crippen molar-refractivity contribution < 1.29 is 24.3 Å². The van der Waals surface area contributed by atoms with Crippen molar-refractivity contribution in [3.63, 3.8) is 0 Å². The molecule has 1 heterocycles. The minimum absolute atomic E-state index is 0.0131. The Morgan fingerprint density at radius 1 is 1.05 bits per heavy atom. The lowest BCUT2D eigenvalue weighted by Crippen LogP contribution is -2.64. The first-order valence-electron chi connectivity index (χ1n) is 16.6. The van der Waals surface area contributed by atoms with E-state index in [9.17, 15) is 19.5 Å². The molecule has 0 radical (unpaired) electrons. The van der Waals surface area contributed by atoms with Crippen molar-refractivity contribution >= 4 is 51.9 Å². The number of carbonyl (C=O) groups is 3. The van der Waals surface area contributed by atoms with Gasteiger partial charge in [-0.3, -0.25) is 14.5 Å². The Labute approximate surface area is 272 Å². The molecule has 9 heteroatoms. The molecule has 3 unspecified atom stereocenters. The SMILES string of the molecule is CC1(C)CC[C@]2(C(=O)O)CC[C@]3(C)C(=CCC4[C@@]5(C)CC/C(=N\OC(=O)CN6C(=O)CSC6=S)C(C)(C)C5CC[C@]43C)C2C1. The van der Waals surface area contributed by atoms with Gasteiger partial charge in [-0.05, 0) is 104 Å². The third kappa shape index (κ3) is 4.51. The Morgan fingerprint density at radius 3 is 2.41 bits per heavy atom. The van der Waals surface area contributed by atoms with Gasteiger partial charge in [-0.15, -0.1) is 0 Å². The van der Waals surface area contributed by atoms with Crippen molar-refractivity contribution in [2.45, 2.75) is 113 Å². The smallest absolute Gasteiger partial charge is 0.354 e. The molecule has 7 nitrogen and oxygen atoms in total. The number of allylic oxidation sites excluding steroid dienone is 2. The van der Waals surface area contributed by atoms with E-state index in [0.717, 1.165) is 69.9 Å². The summed E-state index contributed by atoms with van der Waals surface area (Å²) < 4.78 is 0.413. The number of nitrogens with zero attached hydrogens (tertiary/aromatic N) is 2. The Kier molecular flexibility index (Phi) is 7.60. The van der Waals surface area contributed by atoms with Crippen LogP contribution >= 0.6 is 24.0 Å². The number of carboxylic acids is 1. The molecule has 4 saturated carbocycles. The lowest BCUT2D eigenvalue weighted by Gasteiger charge is -2.70. The summed E-state index contributed by atoms with van der Waals surface area (Å²) in [5.74, 6) is -0.0555. The van der Waals surface area contributed by atoms with Crippen LogP contribution in [-0.4, -0.2) is 50.2 Å². The summed E-state index contributed by atoms with van der Waals surface area (Å²) in [4.78, 5) is 44.4. The van der Waals surface area contributed by atoms with Crippen molar-refractivity contribution in [3.8, 4) is 0 Å². The number of fused-ring (bicyclic) bond motifs is 7. The molecular weight excluding hydrogens is 593 g/mol. The monoisotopic (exact) mass is 642 g/mol. The number of thiocarbonyl (C=S) groups is 1. The number of amides is 1. The highest BCUT2D eigenvalue weighted by Gasteiger charge is 2.69. The molecule has 5 fully saturated rings. The van der Waals surface area contributed by atoms with E-state index >= 15 is 0 Å². The van der Waals surface area contributed by atoms with Crippen LogP contribution in [-0.2, 0) is 19.2 Å². The first kappa shape index (κ1) is 32.2. The van der Waals surface area contributed by atoms with E-state index in [2.05, 4.69) is 59.7 Å². The van der Waals surface area contributed by atoms with Gasteiger partial charge >= 0.3 is 11.9 Å². The van der Waals surface area contributed by atoms with Gasteiger partial charge in [0.2, 0.25) is 5.91 Å². The summed E-state index contributed by atoms with van der Waals surface area (Å²) in [5, 5.41) is 15.1. The number of oxime groups is 1. The zero-order valence-corrected chi connectivity index (χ0v) is 29.2. The minimum atomic E-state index is -0.618. The first-order valence-corrected chi connectivity index (χ1v) is 18.0. The number of rotatable bonds is 4. The van der Waals surface area contributed by atoms with E-state index in [1.54, 1.807) is 0 Å². The molecule has 6 rings (SSSR count). The molecule has 0 bridgehead atoms. The quantitative estimate of drug-likeness (QED) is 0.146. The van der Waals surface area contributed by atoms with Crippen LogP contribution in [0, 0.1) is 50.2 Å². The van der Waals surface area contributed by atoms with Crippen LogP contribution < -0.4 is 0 Å². The van der Waals surface area contributed by atoms with Crippen LogP contribution in [0.15, 0.2) is 16.8 Å². The van der Waals surface area contributed by atoms with Crippen molar-refractivity contribution in [1.29, 1.82) is 0 Å². The molecule has 0 aromatic carbocycles. The fraction of sp³-hybridized carbons (Fsp3) is 0.800. The van der Waals surface area contributed by atoms with E-state index < -0.39 is 17.4 Å². The summed E-state index contributed by atoms with van der Waals surface area (Å²) in [6, 6.07) is 0. The molecule has 242 valence electrons. The predicted molar refractivity (Wildman–Crippen MR) is 177 cm³/mol. The van der Waals surface area contributed by atoms with Crippen molar-refractivity contribution in [2.24, 2.45) is 55.4 Å². The zero-order chi connectivity index (χ0) is 32.1. The van der Waals surface area contributed by atoms with Gasteiger partial charge in [-0.25, -0.2) is 4.79 Å². The summed E-state index contributed by atoms with van der Waals surface area (Å²) >= 11 is 6.48. The number of hydrogen-bond acceptors (Lipinski definition) is 7. The van der Waals surface area contributed by atoms with Crippen molar-refractivity contribution in [2.75, 3.05) is 12.3 Å². The van der Waals surface area contributed by atoms with Crippen LogP contribution in [0.3, 0.4) is 0 Å². The second-order valence-corrected chi connectivity index (χ2v) is 18.5. The number of hydrogen-bond donors (Lipinski definition) is 1. The summed E-state index contributed by atoms with van der Waals surface area (Å²) in [6.45, 7) is 16.5. The van der Waals surface area contributed by atoms with E-state index in [4.69, 9.17) is 17.1 Å². The normalized spacial score (nSPS) is 43.3. The maximum Gasteiger partial charge on any atom is 0.354 e. The average molecular weight is 643 g/mol. The molecule has 0 aromatic heterocycles. The second-order valence-electron chi connectivity index (χ2n) is 16.9. The Balaban J connectivity index is 1.27. The lowest BCUT2D eigenvalue weighted by molar-refractivity contribution is -0.179. The van der Waals surface area contributed by atoms with E-state index in [1.807, 2.05) is 0 Å². The maximum atomic E-state index is 12.9. The van der Waals surface area contributed by atoms with E-state index in [1.165, 1.54) is 22.2 Å². The number of carboxylic acid groups (broad SMARTS) is 1. The molecular formula is C35H50N2O5S2. The Bertz CT molecular complexity index is 1350. The molecule has 1 aliphatic heterocycles. The van der Waals surface area contributed by atoms with Gasteiger partial charge < -0.3 is 9.94 Å². The van der Waals surface area contributed by atoms with Crippen LogP contribution in [0.1, 0.15) is 113 Å². The van der Waals surface area contributed by atoms with Crippen LogP contribution in [0.2, 0.25) is 0 Å². The molecule has 6 aliphatic rings. The lowest BCUT2D eigenvalue weighted by atomic mass is 9.33. The largest absolute Gasteiger partial charge is 0.481 e. The van der Waals surface area contributed by atoms with Gasteiger partial charge in [0, 0.05) is 5.41 Å². The standard InChI is InChI=1S/C35H50N2O5S2/c1-30(2)14-16-35(28(40)41)17-15-33(6)21(22(35)18-30)8-9-24-32(5)12-11-25(31(3,4)23(32)10-13-34(24,33)7)36-42-27(39)19-37-26(38)20-44-29(37)43/h8,22-24H,9-20H2,1-7H3,(H,40,41)/b36-25+/t22?,23?,24?,32-,33+,34+,35-/m0/s1. The van der Waals surface area contributed by atoms with Crippen molar-refractivity contribution in [1.82, 2.24) is 4.90 Å². The Morgan fingerprint density at radius 2 is 1.75 bits per heavy atom. The second kappa shape index (κ2) is 10.4. The van der Waals surface area contributed by atoms with Gasteiger partial charge in [0.05, 0.1) is 16.9 Å². The number of carbonyl (C=O) groups excluding carboxylic acids is 2. The fourth-order valence-corrected chi connectivity index (χ4v) is 12.5. The minimum Gasteiger partial charge on any atom is -0.481 e. The predicted octanol–water partition coefficient (Wildman–Crippen LogP) is 7.63. The van der Waals surface area contributed by atoms with E-state index in [0.29, 0.717) is 16.2 Å². The topological polar surface area (TPSA) is 96.3 Å². The number of aliphatic carboxylic acids is 1. The molecule has 44 heavy (non-hydrogen) atoms. The van der Waals surface area contributed by atoms with Crippen LogP contribution in [0.4, 0.5) is 0 Å². The highest BCUT2D eigenvalue weighted by molar-refractivity contribution is 8.23. The maximum absolute atomic E-state index is 12.9. The summed E-state index contributed by atoms with van der Waals surface area (Å²) in [6.07, 6.45) is 11.9. The molecule has 0 spiro atoms. The van der Waals surface area contributed by atoms with Crippen LogP contribution in [0.5, 0.6) is 0 Å².